The molecule has 0 aliphatic carbocycles. The van der Waals surface area contributed by atoms with E-state index in [1.165, 1.54) is 0 Å². The zero-order valence-corrected chi connectivity index (χ0v) is 19.7. The Balaban J connectivity index is 2.74. The molecule has 3 N–H and O–H groups in total. The molecule has 1 aromatic rings. The molecule has 1 amide bonds. The standard InChI is InChI=1S/C24H42N2O4/c1-7-9-14-29-20-12-10-19(11-13-20)15-21(26-23(28)30-24(4,5)6)22(27)17-25-16-18(3)8-2/h10-13,18,21-22,25,27H,7-9,14-17H2,1-6H3,(H,26,28)/t18-,21-,22+/m0/s1. The van der Waals surface area contributed by atoms with Gasteiger partial charge in [0.25, 0.3) is 0 Å². The molecule has 30 heavy (non-hydrogen) atoms. The molecule has 0 unspecified atom stereocenters. The lowest BCUT2D eigenvalue weighted by molar-refractivity contribution is 0.0422. The predicted octanol–water partition coefficient (Wildman–Crippen LogP) is 4.30. The molecule has 0 fully saturated rings. The number of amides is 1. The topological polar surface area (TPSA) is 79.8 Å². The highest BCUT2D eigenvalue weighted by Gasteiger charge is 2.25. The van der Waals surface area contributed by atoms with Crippen LogP contribution in [0.4, 0.5) is 4.79 Å². The lowest BCUT2D eigenvalue weighted by Gasteiger charge is -2.27. The summed E-state index contributed by atoms with van der Waals surface area (Å²) in [4.78, 5) is 12.3. The molecule has 0 saturated heterocycles. The molecule has 0 saturated carbocycles. The molecule has 6 heteroatoms. The van der Waals surface area contributed by atoms with E-state index < -0.39 is 23.8 Å². The van der Waals surface area contributed by atoms with Crippen LogP contribution in [0, 0.1) is 5.92 Å². The minimum atomic E-state index is -0.734. The Morgan fingerprint density at radius 2 is 1.80 bits per heavy atom. The van der Waals surface area contributed by atoms with Crippen LogP contribution >= 0.6 is 0 Å². The number of aliphatic hydroxyl groups excluding tert-OH is 1. The quantitative estimate of drug-likeness (QED) is 0.413. The molecule has 0 aliphatic heterocycles. The van der Waals surface area contributed by atoms with Crippen molar-refractivity contribution in [1.82, 2.24) is 10.6 Å². The molecule has 0 radical (unpaired) electrons. The SMILES string of the molecule is CCCCOc1ccc(C[C@H](NC(=O)OC(C)(C)C)[C@H](O)CNC[C@@H](C)CC)cc1. The molecular formula is C24H42N2O4. The van der Waals surface area contributed by atoms with Crippen LogP contribution in [-0.2, 0) is 11.2 Å². The van der Waals surface area contributed by atoms with Gasteiger partial charge < -0.3 is 25.2 Å². The predicted molar refractivity (Wildman–Crippen MR) is 122 cm³/mol. The maximum Gasteiger partial charge on any atom is 0.407 e. The maximum atomic E-state index is 12.3. The van der Waals surface area contributed by atoms with E-state index in [9.17, 15) is 9.90 Å². The fraction of sp³-hybridized carbons (Fsp3) is 0.708. The van der Waals surface area contributed by atoms with E-state index in [-0.39, 0.29) is 0 Å². The fourth-order valence-electron chi connectivity index (χ4n) is 2.82. The lowest BCUT2D eigenvalue weighted by Crippen LogP contribution is -2.50. The second-order valence-corrected chi connectivity index (χ2v) is 9.04. The van der Waals surface area contributed by atoms with Gasteiger partial charge in [-0.1, -0.05) is 45.7 Å². The third kappa shape index (κ3) is 11.4. The average molecular weight is 423 g/mol. The number of hydrogen-bond donors (Lipinski definition) is 3. The number of ether oxygens (including phenoxy) is 2. The Morgan fingerprint density at radius 1 is 1.13 bits per heavy atom. The van der Waals surface area contributed by atoms with E-state index >= 15 is 0 Å². The van der Waals surface area contributed by atoms with E-state index in [0.29, 0.717) is 25.5 Å². The highest BCUT2D eigenvalue weighted by Crippen LogP contribution is 2.16. The Kier molecular flexibility index (Phi) is 11.8. The smallest absolute Gasteiger partial charge is 0.407 e. The van der Waals surface area contributed by atoms with Crippen molar-refractivity contribution < 1.29 is 19.4 Å². The van der Waals surface area contributed by atoms with E-state index in [4.69, 9.17) is 9.47 Å². The molecule has 0 bridgehead atoms. The van der Waals surface area contributed by atoms with Gasteiger partial charge in [-0.25, -0.2) is 4.79 Å². The summed E-state index contributed by atoms with van der Waals surface area (Å²) in [6.45, 7) is 13.9. The fourth-order valence-corrected chi connectivity index (χ4v) is 2.82. The monoisotopic (exact) mass is 422 g/mol. The highest BCUT2D eigenvalue weighted by atomic mass is 16.6. The Hall–Kier alpha value is -1.79. The Bertz CT molecular complexity index is 598. The molecule has 1 rings (SSSR count). The van der Waals surface area contributed by atoms with Gasteiger partial charge >= 0.3 is 6.09 Å². The maximum absolute atomic E-state index is 12.3. The summed E-state index contributed by atoms with van der Waals surface area (Å²) in [7, 11) is 0. The van der Waals surface area contributed by atoms with Crippen molar-refractivity contribution in [2.75, 3.05) is 19.7 Å². The number of benzene rings is 1. The van der Waals surface area contributed by atoms with E-state index in [1.54, 1.807) is 0 Å². The third-order valence-electron chi connectivity index (χ3n) is 4.86. The van der Waals surface area contributed by atoms with Crippen LogP contribution in [0.1, 0.15) is 66.4 Å². The zero-order valence-electron chi connectivity index (χ0n) is 19.7. The summed E-state index contributed by atoms with van der Waals surface area (Å²) >= 11 is 0. The number of carbonyl (C=O) groups excluding carboxylic acids is 1. The number of aliphatic hydroxyl groups is 1. The summed E-state index contributed by atoms with van der Waals surface area (Å²) in [6.07, 6.45) is 2.45. The van der Waals surface area contributed by atoms with Crippen molar-refractivity contribution >= 4 is 6.09 Å². The van der Waals surface area contributed by atoms with Crippen molar-refractivity contribution in [1.29, 1.82) is 0 Å². The van der Waals surface area contributed by atoms with Gasteiger partial charge in [0.2, 0.25) is 0 Å². The summed E-state index contributed by atoms with van der Waals surface area (Å²) < 4.78 is 11.1. The van der Waals surface area contributed by atoms with Gasteiger partial charge in [0.1, 0.15) is 11.4 Å². The first-order valence-corrected chi connectivity index (χ1v) is 11.2. The van der Waals surface area contributed by atoms with Gasteiger partial charge in [-0.15, -0.1) is 0 Å². The van der Waals surface area contributed by atoms with E-state index in [0.717, 1.165) is 37.1 Å². The minimum absolute atomic E-state index is 0.406. The van der Waals surface area contributed by atoms with Crippen LogP contribution in [-0.4, -0.2) is 48.6 Å². The van der Waals surface area contributed by atoms with Crippen molar-refractivity contribution in [3.63, 3.8) is 0 Å². The van der Waals surface area contributed by atoms with Gasteiger partial charge in [0, 0.05) is 6.54 Å². The van der Waals surface area contributed by atoms with Crippen molar-refractivity contribution in [2.24, 2.45) is 5.92 Å². The Labute approximate surface area is 182 Å². The van der Waals surface area contributed by atoms with Gasteiger partial charge in [0.15, 0.2) is 0 Å². The average Bonchev–Trinajstić information content (AvgIpc) is 2.67. The highest BCUT2D eigenvalue weighted by molar-refractivity contribution is 5.68. The minimum Gasteiger partial charge on any atom is -0.494 e. The number of carbonyl (C=O) groups is 1. The van der Waals surface area contributed by atoms with Crippen molar-refractivity contribution in [3.8, 4) is 5.75 Å². The van der Waals surface area contributed by atoms with Crippen LogP contribution in [0.3, 0.4) is 0 Å². The van der Waals surface area contributed by atoms with Crippen molar-refractivity contribution in [2.45, 2.75) is 85.0 Å². The number of hydrogen-bond acceptors (Lipinski definition) is 5. The number of rotatable bonds is 13. The summed E-state index contributed by atoms with van der Waals surface area (Å²) in [5.41, 5.74) is 0.422. The first-order valence-electron chi connectivity index (χ1n) is 11.2. The van der Waals surface area contributed by atoms with Crippen LogP contribution in [0.5, 0.6) is 5.75 Å². The molecule has 172 valence electrons. The Morgan fingerprint density at radius 3 is 2.37 bits per heavy atom. The number of alkyl carbamates (subject to hydrolysis) is 1. The van der Waals surface area contributed by atoms with Crippen LogP contribution < -0.4 is 15.4 Å². The summed E-state index contributed by atoms with van der Waals surface area (Å²) in [5.74, 6) is 1.37. The molecule has 0 spiro atoms. The van der Waals surface area contributed by atoms with Crippen LogP contribution in [0.2, 0.25) is 0 Å². The molecular weight excluding hydrogens is 380 g/mol. The van der Waals surface area contributed by atoms with Crippen LogP contribution in [0.25, 0.3) is 0 Å². The molecule has 0 aromatic heterocycles. The summed E-state index contributed by atoms with van der Waals surface area (Å²) in [5, 5.41) is 16.9. The first-order chi connectivity index (χ1) is 14.1. The second kappa shape index (κ2) is 13.5. The third-order valence-corrected chi connectivity index (χ3v) is 4.86. The lowest BCUT2D eigenvalue weighted by atomic mass is 10.0. The van der Waals surface area contributed by atoms with Gasteiger partial charge in [-0.2, -0.15) is 0 Å². The number of unbranched alkanes of at least 4 members (excludes halogenated alkanes) is 1. The normalized spacial score (nSPS) is 14.6. The zero-order chi connectivity index (χ0) is 22.6. The number of nitrogens with one attached hydrogen (secondary N) is 2. The molecule has 3 atom stereocenters. The summed E-state index contributed by atoms with van der Waals surface area (Å²) in [6, 6.07) is 7.36. The molecule has 0 heterocycles. The first kappa shape index (κ1) is 26.2. The molecule has 1 aromatic carbocycles. The van der Waals surface area contributed by atoms with Gasteiger partial charge in [-0.05, 0) is 63.8 Å². The molecule has 6 nitrogen and oxygen atoms in total. The van der Waals surface area contributed by atoms with Crippen LogP contribution in [0.15, 0.2) is 24.3 Å². The van der Waals surface area contributed by atoms with Gasteiger partial charge in [0.05, 0.1) is 18.8 Å². The van der Waals surface area contributed by atoms with E-state index in [1.807, 2.05) is 45.0 Å². The second-order valence-electron chi connectivity index (χ2n) is 9.04. The van der Waals surface area contributed by atoms with Gasteiger partial charge in [-0.3, -0.25) is 0 Å². The van der Waals surface area contributed by atoms with Crippen molar-refractivity contribution in [3.05, 3.63) is 29.8 Å². The largest absolute Gasteiger partial charge is 0.494 e. The van der Waals surface area contributed by atoms with E-state index in [2.05, 4.69) is 31.4 Å². The molecule has 0 aliphatic rings.